The maximum Gasteiger partial charge on any atom is 0.227 e. The van der Waals surface area contributed by atoms with Crippen molar-refractivity contribution < 1.29 is 9.21 Å². The number of likely N-dealkylation sites (N-methyl/N-ethyl adjacent to an activating group) is 1. The Balaban J connectivity index is 1.84. The number of hydrogen-bond acceptors (Lipinski definition) is 3. The highest BCUT2D eigenvalue weighted by atomic mass is 16.3. The van der Waals surface area contributed by atoms with Crippen LogP contribution in [0.3, 0.4) is 0 Å². The third-order valence-corrected chi connectivity index (χ3v) is 5.17. The van der Waals surface area contributed by atoms with E-state index >= 15 is 0 Å². The first kappa shape index (κ1) is 18.2. The summed E-state index contributed by atoms with van der Waals surface area (Å²) in [5, 5.41) is 1.04. The molecule has 0 saturated heterocycles. The maximum absolute atomic E-state index is 12.8. The summed E-state index contributed by atoms with van der Waals surface area (Å²) in [5.74, 6) is 0.510. The van der Waals surface area contributed by atoms with Gasteiger partial charge in [-0.2, -0.15) is 0 Å². The molecule has 3 rings (SSSR count). The first-order valence-corrected chi connectivity index (χ1v) is 9.04. The summed E-state index contributed by atoms with van der Waals surface area (Å²) in [6.45, 7) is 8.50. The van der Waals surface area contributed by atoms with Crippen LogP contribution in [-0.4, -0.2) is 22.8 Å². The van der Waals surface area contributed by atoms with Gasteiger partial charge in [0.05, 0.1) is 18.7 Å². The Morgan fingerprint density at radius 3 is 2.54 bits per heavy atom. The van der Waals surface area contributed by atoms with E-state index in [0.717, 1.165) is 22.1 Å². The minimum Gasteiger partial charge on any atom is -0.464 e. The second-order valence-corrected chi connectivity index (χ2v) is 7.26. The summed E-state index contributed by atoms with van der Waals surface area (Å²) in [6.07, 6.45) is 5.56. The van der Waals surface area contributed by atoms with Gasteiger partial charge < -0.3 is 9.32 Å². The number of rotatable bonds is 5. The van der Waals surface area contributed by atoms with Gasteiger partial charge in [-0.3, -0.25) is 9.78 Å². The number of benzene rings is 1. The van der Waals surface area contributed by atoms with Crippen molar-refractivity contribution in [1.29, 1.82) is 0 Å². The van der Waals surface area contributed by atoms with E-state index in [2.05, 4.69) is 37.9 Å². The molecule has 2 heterocycles. The highest BCUT2D eigenvalue weighted by molar-refractivity contribution is 5.88. The van der Waals surface area contributed by atoms with Crippen molar-refractivity contribution in [2.24, 2.45) is 0 Å². The SMILES string of the molecule is Cc1cc2occ(CC(=O)N(C)C(C)c3ccncc3)c2cc1C(C)C. The molecule has 1 amide bonds. The zero-order valence-electron chi connectivity index (χ0n) is 16.1. The summed E-state index contributed by atoms with van der Waals surface area (Å²) < 4.78 is 5.71. The normalized spacial score (nSPS) is 12.5. The minimum absolute atomic E-state index is 0.00265. The average molecular weight is 350 g/mol. The molecule has 0 aliphatic carbocycles. The molecule has 0 bridgehead atoms. The molecular weight excluding hydrogens is 324 g/mol. The van der Waals surface area contributed by atoms with Crippen LogP contribution in [0.15, 0.2) is 47.3 Å². The van der Waals surface area contributed by atoms with E-state index in [9.17, 15) is 4.79 Å². The number of nitrogens with zero attached hydrogens (tertiary/aromatic N) is 2. The Kier molecular flexibility index (Phi) is 5.12. The van der Waals surface area contributed by atoms with Crippen molar-refractivity contribution in [1.82, 2.24) is 9.88 Å². The highest BCUT2D eigenvalue weighted by Gasteiger charge is 2.20. The summed E-state index contributed by atoms with van der Waals surface area (Å²) in [7, 11) is 1.85. The topological polar surface area (TPSA) is 46.3 Å². The molecule has 0 N–H and O–H groups in total. The van der Waals surface area contributed by atoms with Crippen LogP contribution in [0, 0.1) is 6.92 Å². The van der Waals surface area contributed by atoms with Crippen molar-refractivity contribution in [3.05, 3.63) is 65.2 Å². The van der Waals surface area contributed by atoms with E-state index in [4.69, 9.17) is 4.42 Å². The summed E-state index contributed by atoms with van der Waals surface area (Å²) in [6, 6.07) is 8.13. The Hall–Kier alpha value is -2.62. The van der Waals surface area contributed by atoms with Crippen LogP contribution >= 0.6 is 0 Å². The standard InChI is InChI=1S/C22H26N2O2/c1-14(2)19-12-20-18(13-26-21(20)10-15(19)3)11-22(25)24(5)16(4)17-6-8-23-9-7-17/h6-10,12-14,16H,11H2,1-5H3. The van der Waals surface area contributed by atoms with E-state index in [1.54, 1.807) is 23.6 Å². The number of pyridine rings is 1. The van der Waals surface area contributed by atoms with Gasteiger partial charge in [-0.25, -0.2) is 0 Å². The van der Waals surface area contributed by atoms with E-state index < -0.39 is 0 Å². The van der Waals surface area contributed by atoms with Gasteiger partial charge in [0, 0.05) is 30.4 Å². The fourth-order valence-electron chi connectivity index (χ4n) is 3.37. The lowest BCUT2D eigenvalue weighted by Crippen LogP contribution is -2.30. The molecule has 0 radical (unpaired) electrons. The van der Waals surface area contributed by atoms with Crippen LogP contribution in [0.2, 0.25) is 0 Å². The molecule has 1 atom stereocenters. The number of aromatic nitrogens is 1. The number of carbonyl (C=O) groups excluding carboxylic acids is 1. The summed E-state index contributed by atoms with van der Waals surface area (Å²) >= 11 is 0. The zero-order chi connectivity index (χ0) is 18.8. The molecule has 4 heteroatoms. The Morgan fingerprint density at radius 2 is 1.88 bits per heavy atom. The summed E-state index contributed by atoms with van der Waals surface area (Å²) in [4.78, 5) is 18.6. The fraction of sp³-hybridized carbons (Fsp3) is 0.364. The van der Waals surface area contributed by atoms with Crippen LogP contribution in [0.4, 0.5) is 0 Å². The quantitative estimate of drug-likeness (QED) is 0.649. The Morgan fingerprint density at radius 1 is 1.19 bits per heavy atom. The molecule has 0 aliphatic rings. The zero-order valence-corrected chi connectivity index (χ0v) is 16.1. The molecule has 26 heavy (non-hydrogen) atoms. The minimum atomic E-state index is -0.00265. The molecule has 0 saturated carbocycles. The molecule has 1 aromatic carbocycles. The van der Waals surface area contributed by atoms with Gasteiger partial charge in [0.1, 0.15) is 5.58 Å². The molecular formula is C22H26N2O2. The molecule has 0 aliphatic heterocycles. The van der Waals surface area contributed by atoms with Crippen LogP contribution < -0.4 is 0 Å². The van der Waals surface area contributed by atoms with Crippen molar-refractivity contribution in [2.45, 2.75) is 46.1 Å². The predicted molar refractivity (Wildman–Crippen MR) is 104 cm³/mol. The van der Waals surface area contributed by atoms with Gasteiger partial charge in [-0.15, -0.1) is 0 Å². The number of fused-ring (bicyclic) bond motifs is 1. The number of carbonyl (C=O) groups is 1. The van der Waals surface area contributed by atoms with E-state index in [0.29, 0.717) is 12.3 Å². The molecule has 1 unspecified atom stereocenters. The number of aryl methyl sites for hydroxylation is 1. The maximum atomic E-state index is 12.8. The lowest BCUT2D eigenvalue weighted by Gasteiger charge is -2.25. The molecule has 0 fully saturated rings. The third kappa shape index (κ3) is 3.50. The van der Waals surface area contributed by atoms with Crippen LogP contribution in [-0.2, 0) is 11.2 Å². The second kappa shape index (κ2) is 7.32. The smallest absolute Gasteiger partial charge is 0.227 e. The first-order valence-electron chi connectivity index (χ1n) is 9.04. The molecule has 136 valence electrons. The average Bonchev–Trinajstić information content (AvgIpc) is 3.01. The Bertz CT molecular complexity index is 913. The van der Waals surface area contributed by atoms with Gasteiger partial charge in [0.2, 0.25) is 5.91 Å². The van der Waals surface area contributed by atoms with Crippen molar-refractivity contribution in [3.8, 4) is 0 Å². The third-order valence-electron chi connectivity index (χ3n) is 5.17. The van der Waals surface area contributed by atoms with Gasteiger partial charge in [-0.1, -0.05) is 13.8 Å². The molecule has 0 spiro atoms. The van der Waals surface area contributed by atoms with E-state index in [1.807, 2.05) is 26.1 Å². The van der Waals surface area contributed by atoms with Crippen LogP contribution in [0.5, 0.6) is 0 Å². The first-order chi connectivity index (χ1) is 12.4. The molecule has 2 aromatic heterocycles. The van der Waals surface area contributed by atoms with E-state index in [-0.39, 0.29) is 11.9 Å². The number of amides is 1. The fourth-order valence-corrected chi connectivity index (χ4v) is 3.37. The van der Waals surface area contributed by atoms with Gasteiger partial charge >= 0.3 is 0 Å². The number of hydrogen-bond donors (Lipinski definition) is 0. The van der Waals surface area contributed by atoms with E-state index in [1.165, 1.54) is 11.1 Å². The van der Waals surface area contributed by atoms with Crippen molar-refractivity contribution >= 4 is 16.9 Å². The molecule has 3 aromatic rings. The predicted octanol–water partition coefficient (Wildman–Crippen LogP) is 5.02. The Labute approximate surface area is 154 Å². The van der Waals surface area contributed by atoms with Gasteiger partial charge in [0.25, 0.3) is 0 Å². The lowest BCUT2D eigenvalue weighted by molar-refractivity contribution is -0.131. The van der Waals surface area contributed by atoms with Crippen LogP contribution in [0.25, 0.3) is 11.0 Å². The summed E-state index contributed by atoms with van der Waals surface area (Å²) in [5.41, 5.74) is 5.39. The monoisotopic (exact) mass is 350 g/mol. The highest BCUT2D eigenvalue weighted by Crippen LogP contribution is 2.29. The second-order valence-electron chi connectivity index (χ2n) is 7.26. The van der Waals surface area contributed by atoms with Gasteiger partial charge in [0.15, 0.2) is 0 Å². The van der Waals surface area contributed by atoms with Crippen LogP contribution in [0.1, 0.15) is 55.0 Å². The lowest BCUT2D eigenvalue weighted by atomic mass is 9.95. The van der Waals surface area contributed by atoms with Gasteiger partial charge in [-0.05, 0) is 60.7 Å². The van der Waals surface area contributed by atoms with Crippen molar-refractivity contribution in [2.75, 3.05) is 7.05 Å². The van der Waals surface area contributed by atoms with Crippen molar-refractivity contribution in [3.63, 3.8) is 0 Å². The number of furan rings is 1. The molecule has 4 nitrogen and oxygen atoms in total. The largest absolute Gasteiger partial charge is 0.464 e.